The summed E-state index contributed by atoms with van der Waals surface area (Å²) in [6, 6.07) is 7.51. The zero-order chi connectivity index (χ0) is 13.6. The van der Waals surface area contributed by atoms with Crippen LogP contribution in [0.3, 0.4) is 0 Å². The van der Waals surface area contributed by atoms with Crippen LogP contribution in [0.25, 0.3) is 16.9 Å². The molecule has 3 rings (SSSR count). The normalized spacial score (nSPS) is 11.3. The lowest BCUT2D eigenvalue weighted by molar-refractivity contribution is 0.663. The van der Waals surface area contributed by atoms with Crippen molar-refractivity contribution in [3.05, 3.63) is 35.0 Å². The molecule has 0 bridgehead atoms. The molecule has 0 amide bonds. The van der Waals surface area contributed by atoms with Crippen molar-refractivity contribution in [1.29, 1.82) is 0 Å². The summed E-state index contributed by atoms with van der Waals surface area (Å²) in [7, 11) is 0. The van der Waals surface area contributed by atoms with Crippen LogP contribution in [-0.4, -0.2) is 19.3 Å². The van der Waals surface area contributed by atoms with E-state index in [0.29, 0.717) is 11.0 Å². The maximum absolute atomic E-state index is 6.04. The van der Waals surface area contributed by atoms with Gasteiger partial charge in [-0.15, -0.1) is 0 Å². The predicted molar refractivity (Wildman–Crippen MR) is 76.7 cm³/mol. The number of anilines is 1. The van der Waals surface area contributed by atoms with Gasteiger partial charge in [0.2, 0.25) is 5.95 Å². The first-order chi connectivity index (χ1) is 9.11. The van der Waals surface area contributed by atoms with Gasteiger partial charge in [0.05, 0.1) is 11.4 Å². The molecule has 98 valence electrons. The molecular weight excluding hydrogens is 262 g/mol. The summed E-state index contributed by atoms with van der Waals surface area (Å²) >= 11 is 5.92. The minimum atomic E-state index is 0.458. The third kappa shape index (κ3) is 1.77. The van der Waals surface area contributed by atoms with E-state index in [1.54, 1.807) is 0 Å². The van der Waals surface area contributed by atoms with Crippen LogP contribution in [0.1, 0.15) is 12.6 Å². The average Bonchev–Trinajstić information content (AvgIpc) is 2.88. The summed E-state index contributed by atoms with van der Waals surface area (Å²) in [5.41, 5.74) is 9.61. The lowest BCUT2D eigenvalue weighted by atomic mass is 10.3. The monoisotopic (exact) mass is 275 g/mol. The van der Waals surface area contributed by atoms with E-state index in [-0.39, 0.29) is 0 Å². The number of aryl methyl sites for hydroxylation is 2. The summed E-state index contributed by atoms with van der Waals surface area (Å²) < 4.78 is 3.80. The second kappa shape index (κ2) is 4.28. The molecule has 2 aromatic heterocycles. The Morgan fingerprint density at radius 1 is 1.26 bits per heavy atom. The quantitative estimate of drug-likeness (QED) is 0.782. The number of nitrogens with two attached hydrogens (primary N) is 1. The van der Waals surface area contributed by atoms with Crippen LogP contribution in [0.15, 0.2) is 24.3 Å². The van der Waals surface area contributed by atoms with Crippen LogP contribution in [0.5, 0.6) is 0 Å². The van der Waals surface area contributed by atoms with Crippen LogP contribution in [-0.2, 0) is 6.54 Å². The first-order valence-corrected chi connectivity index (χ1v) is 6.47. The number of nitrogen functional groups attached to an aromatic ring is 1. The number of aromatic nitrogens is 4. The predicted octanol–water partition coefficient (Wildman–Crippen LogP) is 2.79. The maximum atomic E-state index is 6.04. The fourth-order valence-corrected chi connectivity index (χ4v) is 2.38. The Morgan fingerprint density at radius 2 is 1.95 bits per heavy atom. The number of imidazole rings is 1. The lowest BCUT2D eigenvalue weighted by Crippen LogP contribution is -2.06. The molecule has 0 saturated heterocycles. The van der Waals surface area contributed by atoms with Crippen LogP contribution in [0.2, 0.25) is 5.02 Å². The summed E-state index contributed by atoms with van der Waals surface area (Å²) in [5, 5.41) is 5.16. The molecule has 0 unspecified atom stereocenters. The van der Waals surface area contributed by atoms with Crippen molar-refractivity contribution < 1.29 is 0 Å². The van der Waals surface area contributed by atoms with E-state index >= 15 is 0 Å². The molecule has 0 radical (unpaired) electrons. The van der Waals surface area contributed by atoms with E-state index in [1.807, 2.05) is 47.4 Å². The van der Waals surface area contributed by atoms with Crippen molar-refractivity contribution in [1.82, 2.24) is 19.3 Å². The van der Waals surface area contributed by atoms with E-state index < -0.39 is 0 Å². The molecule has 0 saturated carbocycles. The van der Waals surface area contributed by atoms with Crippen molar-refractivity contribution in [3.63, 3.8) is 0 Å². The molecule has 0 aliphatic rings. The number of fused-ring (bicyclic) bond motifs is 1. The molecule has 2 heterocycles. The van der Waals surface area contributed by atoms with E-state index in [2.05, 4.69) is 10.1 Å². The zero-order valence-corrected chi connectivity index (χ0v) is 11.5. The summed E-state index contributed by atoms with van der Waals surface area (Å²) in [4.78, 5) is 4.40. The molecule has 19 heavy (non-hydrogen) atoms. The third-order valence-corrected chi connectivity index (χ3v) is 3.37. The van der Waals surface area contributed by atoms with Gasteiger partial charge in [0.25, 0.3) is 0 Å². The average molecular weight is 276 g/mol. The van der Waals surface area contributed by atoms with Gasteiger partial charge in [-0.05, 0) is 38.1 Å². The first-order valence-electron chi connectivity index (χ1n) is 6.09. The molecule has 0 aliphatic carbocycles. The summed E-state index contributed by atoms with van der Waals surface area (Å²) in [6.45, 7) is 4.75. The van der Waals surface area contributed by atoms with Crippen LogP contribution >= 0.6 is 11.6 Å². The van der Waals surface area contributed by atoms with Crippen molar-refractivity contribution in [3.8, 4) is 5.69 Å². The van der Waals surface area contributed by atoms with E-state index in [9.17, 15) is 0 Å². The van der Waals surface area contributed by atoms with Gasteiger partial charge in [0.15, 0.2) is 5.65 Å². The van der Waals surface area contributed by atoms with E-state index in [0.717, 1.165) is 29.1 Å². The molecule has 2 N–H and O–H groups in total. The smallest absolute Gasteiger partial charge is 0.207 e. The third-order valence-electron chi connectivity index (χ3n) is 3.12. The standard InChI is InChI=1S/C13H14ClN5/c1-3-18-12-11(8(2)17-18)16-13(15)19(12)10-6-4-9(14)5-7-10/h4-7H,3H2,1-2H3,(H2,15,16). The molecule has 6 heteroatoms. The van der Waals surface area contributed by atoms with Crippen molar-refractivity contribution >= 4 is 28.7 Å². The Labute approximate surface area is 115 Å². The van der Waals surface area contributed by atoms with Gasteiger partial charge in [-0.25, -0.2) is 9.67 Å². The lowest BCUT2D eigenvalue weighted by Gasteiger charge is -2.07. The first kappa shape index (κ1) is 12.0. The van der Waals surface area contributed by atoms with Gasteiger partial charge >= 0.3 is 0 Å². The Bertz CT molecular complexity index is 739. The molecule has 0 spiro atoms. The Balaban J connectivity index is 2.33. The van der Waals surface area contributed by atoms with Crippen molar-refractivity contribution in [2.75, 3.05) is 5.73 Å². The number of hydrogen-bond acceptors (Lipinski definition) is 3. The van der Waals surface area contributed by atoms with Crippen molar-refractivity contribution in [2.45, 2.75) is 20.4 Å². The van der Waals surface area contributed by atoms with Gasteiger partial charge in [0, 0.05) is 11.6 Å². The maximum Gasteiger partial charge on any atom is 0.207 e. The SMILES string of the molecule is CCn1nc(C)c2nc(N)n(-c3ccc(Cl)cc3)c21. The minimum absolute atomic E-state index is 0.458. The molecule has 1 aromatic carbocycles. The van der Waals surface area contributed by atoms with E-state index in [4.69, 9.17) is 17.3 Å². The molecular formula is C13H14ClN5. The van der Waals surface area contributed by atoms with Gasteiger partial charge in [0.1, 0.15) is 5.52 Å². The second-order valence-corrected chi connectivity index (χ2v) is 4.79. The Kier molecular flexibility index (Phi) is 2.71. The molecule has 0 aliphatic heterocycles. The summed E-state index contributed by atoms with van der Waals surface area (Å²) in [5.74, 6) is 0.458. The van der Waals surface area contributed by atoms with Crippen molar-refractivity contribution in [2.24, 2.45) is 0 Å². The number of rotatable bonds is 2. The highest BCUT2D eigenvalue weighted by molar-refractivity contribution is 6.30. The number of halogens is 1. The number of hydrogen-bond donors (Lipinski definition) is 1. The zero-order valence-electron chi connectivity index (χ0n) is 10.8. The molecule has 5 nitrogen and oxygen atoms in total. The van der Waals surface area contributed by atoms with Gasteiger partial charge in [-0.2, -0.15) is 5.10 Å². The highest BCUT2D eigenvalue weighted by Gasteiger charge is 2.17. The highest BCUT2D eigenvalue weighted by Crippen LogP contribution is 2.25. The number of benzene rings is 1. The largest absolute Gasteiger partial charge is 0.369 e. The van der Waals surface area contributed by atoms with Gasteiger partial charge < -0.3 is 5.73 Å². The molecule has 3 aromatic rings. The fraction of sp³-hybridized carbons (Fsp3) is 0.231. The number of nitrogens with zero attached hydrogens (tertiary/aromatic N) is 4. The Hall–Kier alpha value is -2.01. The Morgan fingerprint density at radius 3 is 2.58 bits per heavy atom. The topological polar surface area (TPSA) is 61.7 Å². The second-order valence-electron chi connectivity index (χ2n) is 4.36. The fourth-order valence-electron chi connectivity index (χ4n) is 2.25. The van der Waals surface area contributed by atoms with Crippen LogP contribution < -0.4 is 5.73 Å². The highest BCUT2D eigenvalue weighted by atomic mass is 35.5. The summed E-state index contributed by atoms with van der Waals surface area (Å²) in [6.07, 6.45) is 0. The van der Waals surface area contributed by atoms with Gasteiger partial charge in [-0.1, -0.05) is 11.6 Å². The molecule has 0 atom stereocenters. The van der Waals surface area contributed by atoms with E-state index in [1.165, 1.54) is 0 Å². The van der Waals surface area contributed by atoms with Gasteiger partial charge in [-0.3, -0.25) is 4.57 Å². The van der Waals surface area contributed by atoms with Crippen LogP contribution in [0, 0.1) is 6.92 Å². The minimum Gasteiger partial charge on any atom is -0.369 e. The van der Waals surface area contributed by atoms with Crippen LogP contribution in [0.4, 0.5) is 5.95 Å². The molecule has 0 fully saturated rings.